The maximum absolute atomic E-state index is 12.3. The largest absolute Gasteiger partial charge is 0.483 e. The summed E-state index contributed by atoms with van der Waals surface area (Å²) in [5.74, 6) is 0.458. The molecule has 0 heterocycles. The lowest BCUT2D eigenvalue weighted by Gasteiger charge is -2.17. The monoisotopic (exact) mass is 436 g/mol. The fourth-order valence-electron chi connectivity index (χ4n) is 3.22. The number of nitrogens with one attached hydrogen (secondary N) is 2. The molecule has 0 aromatic heterocycles. The molecule has 5 heteroatoms. The van der Waals surface area contributed by atoms with Crippen LogP contribution in [0.25, 0.3) is 0 Å². The van der Waals surface area contributed by atoms with Crippen LogP contribution in [-0.2, 0) is 17.8 Å². The van der Waals surface area contributed by atoms with Crippen LogP contribution in [0.1, 0.15) is 30.0 Å². The lowest BCUT2D eigenvalue weighted by atomic mass is 10.1. The maximum atomic E-state index is 12.3. The molecule has 1 amide bonds. The molecular weight excluding hydrogens is 408 g/mol. The van der Waals surface area contributed by atoms with Crippen LogP contribution in [0.3, 0.4) is 0 Å². The van der Waals surface area contributed by atoms with Crippen LogP contribution in [0.15, 0.2) is 72.8 Å². The SMILES string of the molecule is Cc1ccc(NC(=O)COc2ccc(Cl)cc2CN[C@H](C)CCc2ccccc2)cc1. The van der Waals surface area contributed by atoms with Crippen LogP contribution in [0.5, 0.6) is 5.75 Å². The van der Waals surface area contributed by atoms with Gasteiger partial charge in [-0.1, -0.05) is 59.6 Å². The van der Waals surface area contributed by atoms with Gasteiger partial charge in [0, 0.05) is 28.9 Å². The second-order valence-electron chi connectivity index (χ2n) is 7.76. The Morgan fingerprint density at radius 1 is 1.03 bits per heavy atom. The Morgan fingerprint density at radius 2 is 1.77 bits per heavy atom. The van der Waals surface area contributed by atoms with E-state index in [0.717, 1.165) is 29.7 Å². The van der Waals surface area contributed by atoms with E-state index in [1.54, 1.807) is 6.07 Å². The van der Waals surface area contributed by atoms with E-state index in [9.17, 15) is 4.79 Å². The lowest BCUT2D eigenvalue weighted by Crippen LogP contribution is -2.26. The highest BCUT2D eigenvalue weighted by Crippen LogP contribution is 2.23. The van der Waals surface area contributed by atoms with Crippen molar-refractivity contribution in [3.05, 3.63) is 94.5 Å². The minimum absolute atomic E-state index is 0.0634. The third-order valence-corrected chi connectivity index (χ3v) is 5.30. The second kappa shape index (κ2) is 11.5. The topological polar surface area (TPSA) is 50.4 Å². The van der Waals surface area contributed by atoms with E-state index in [-0.39, 0.29) is 12.5 Å². The number of hydrogen-bond acceptors (Lipinski definition) is 3. The van der Waals surface area contributed by atoms with Crippen LogP contribution in [0, 0.1) is 6.92 Å². The summed E-state index contributed by atoms with van der Waals surface area (Å²) in [6.45, 7) is 4.73. The predicted octanol–water partition coefficient (Wildman–Crippen LogP) is 5.78. The fourth-order valence-corrected chi connectivity index (χ4v) is 3.41. The molecule has 162 valence electrons. The summed E-state index contributed by atoms with van der Waals surface area (Å²) < 4.78 is 5.80. The molecule has 0 bridgehead atoms. The van der Waals surface area contributed by atoms with E-state index in [4.69, 9.17) is 16.3 Å². The van der Waals surface area contributed by atoms with Crippen molar-refractivity contribution in [3.8, 4) is 5.75 Å². The molecule has 0 radical (unpaired) electrons. The van der Waals surface area contributed by atoms with Crippen molar-refractivity contribution in [3.63, 3.8) is 0 Å². The Kier molecular flexibility index (Phi) is 8.51. The zero-order chi connectivity index (χ0) is 22.1. The van der Waals surface area contributed by atoms with Gasteiger partial charge in [-0.05, 0) is 62.6 Å². The first-order valence-electron chi connectivity index (χ1n) is 10.5. The first kappa shape index (κ1) is 22.9. The Hall–Kier alpha value is -2.82. The number of ether oxygens (including phenoxy) is 1. The summed E-state index contributed by atoms with van der Waals surface area (Å²) in [6, 6.07) is 23.9. The van der Waals surface area contributed by atoms with E-state index in [1.807, 2.05) is 49.4 Å². The van der Waals surface area contributed by atoms with Gasteiger partial charge in [0.15, 0.2) is 6.61 Å². The molecule has 4 nitrogen and oxygen atoms in total. The molecule has 3 aromatic rings. The third-order valence-electron chi connectivity index (χ3n) is 5.07. The van der Waals surface area contributed by atoms with Gasteiger partial charge < -0.3 is 15.4 Å². The zero-order valence-corrected chi connectivity index (χ0v) is 18.8. The van der Waals surface area contributed by atoms with Crippen LogP contribution < -0.4 is 15.4 Å². The first-order chi connectivity index (χ1) is 15.0. The van der Waals surface area contributed by atoms with Crippen molar-refractivity contribution < 1.29 is 9.53 Å². The molecule has 0 aliphatic carbocycles. The normalized spacial score (nSPS) is 11.7. The van der Waals surface area contributed by atoms with Gasteiger partial charge in [0.1, 0.15) is 5.75 Å². The molecule has 31 heavy (non-hydrogen) atoms. The van der Waals surface area contributed by atoms with Crippen LogP contribution in [0.4, 0.5) is 5.69 Å². The van der Waals surface area contributed by atoms with Crippen molar-refractivity contribution in [2.45, 2.75) is 39.3 Å². The number of anilines is 1. The van der Waals surface area contributed by atoms with Gasteiger partial charge in [0.25, 0.3) is 5.91 Å². The summed E-state index contributed by atoms with van der Waals surface area (Å²) >= 11 is 6.19. The van der Waals surface area contributed by atoms with Gasteiger partial charge in [-0.25, -0.2) is 0 Å². The van der Waals surface area contributed by atoms with Gasteiger partial charge in [-0.2, -0.15) is 0 Å². The standard InChI is InChI=1S/C26H29ClN2O2/c1-19-8-13-24(14-9-19)29-26(30)18-31-25-15-12-23(27)16-22(25)17-28-20(2)10-11-21-6-4-3-5-7-21/h3-9,12-16,20,28H,10-11,17-18H2,1-2H3,(H,29,30)/t20-/m1/s1. The molecule has 1 atom stereocenters. The summed E-state index contributed by atoms with van der Waals surface area (Å²) in [7, 11) is 0. The van der Waals surface area contributed by atoms with Crippen LogP contribution in [0.2, 0.25) is 5.02 Å². The van der Waals surface area contributed by atoms with Gasteiger partial charge in [-0.15, -0.1) is 0 Å². The van der Waals surface area contributed by atoms with Crippen LogP contribution >= 0.6 is 11.6 Å². The summed E-state index contributed by atoms with van der Waals surface area (Å²) in [5, 5.41) is 7.02. The number of carbonyl (C=O) groups excluding carboxylic acids is 1. The number of aryl methyl sites for hydroxylation is 2. The number of halogens is 1. The Labute approximate surface area is 189 Å². The molecule has 0 unspecified atom stereocenters. The van der Waals surface area contributed by atoms with E-state index in [1.165, 1.54) is 5.56 Å². The first-order valence-corrected chi connectivity index (χ1v) is 10.9. The highest BCUT2D eigenvalue weighted by molar-refractivity contribution is 6.30. The van der Waals surface area contributed by atoms with E-state index >= 15 is 0 Å². The highest BCUT2D eigenvalue weighted by Gasteiger charge is 2.10. The molecule has 0 saturated heterocycles. The van der Waals surface area contributed by atoms with Crippen molar-refractivity contribution in [2.75, 3.05) is 11.9 Å². The highest BCUT2D eigenvalue weighted by atomic mass is 35.5. The number of benzene rings is 3. The van der Waals surface area contributed by atoms with Gasteiger partial charge in [0.2, 0.25) is 0 Å². The van der Waals surface area contributed by atoms with Gasteiger partial charge >= 0.3 is 0 Å². The van der Waals surface area contributed by atoms with Gasteiger partial charge in [-0.3, -0.25) is 4.79 Å². The number of amides is 1. The fraction of sp³-hybridized carbons (Fsp3) is 0.269. The molecule has 2 N–H and O–H groups in total. The molecular formula is C26H29ClN2O2. The average Bonchev–Trinajstić information content (AvgIpc) is 2.78. The molecule has 0 saturated carbocycles. The molecule has 0 aliphatic rings. The quantitative estimate of drug-likeness (QED) is 0.423. The number of rotatable bonds is 10. The molecule has 0 aliphatic heterocycles. The smallest absolute Gasteiger partial charge is 0.262 e. The third kappa shape index (κ3) is 7.74. The van der Waals surface area contributed by atoms with E-state index in [0.29, 0.717) is 23.4 Å². The minimum atomic E-state index is -0.200. The van der Waals surface area contributed by atoms with Crippen molar-refractivity contribution in [1.29, 1.82) is 0 Å². The predicted molar refractivity (Wildman–Crippen MR) is 128 cm³/mol. The summed E-state index contributed by atoms with van der Waals surface area (Å²) in [5.41, 5.74) is 4.17. The van der Waals surface area contributed by atoms with Crippen LogP contribution in [-0.4, -0.2) is 18.6 Å². The number of carbonyl (C=O) groups is 1. The molecule has 3 aromatic carbocycles. The van der Waals surface area contributed by atoms with E-state index < -0.39 is 0 Å². The Balaban J connectivity index is 1.51. The lowest BCUT2D eigenvalue weighted by molar-refractivity contribution is -0.118. The minimum Gasteiger partial charge on any atom is -0.483 e. The molecule has 0 spiro atoms. The molecule has 3 rings (SSSR count). The number of hydrogen-bond donors (Lipinski definition) is 2. The Bertz CT molecular complexity index is 974. The van der Waals surface area contributed by atoms with Gasteiger partial charge in [0.05, 0.1) is 0 Å². The van der Waals surface area contributed by atoms with Crippen molar-refractivity contribution >= 4 is 23.2 Å². The summed E-state index contributed by atoms with van der Waals surface area (Å²) in [6.07, 6.45) is 2.05. The summed E-state index contributed by atoms with van der Waals surface area (Å²) in [4.78, 5) is 12.3. The zero-order valence-electron chi connectivity index (χ0n) is 18.0. The average molecular weight is 437 g/mol. The van der Waals surface area contributed by atoms with Crippen molar-refractivity contribution in [2.24, 2.45) is 0 Å². The second-order valence-corrected chi connectivity index (χ2v) is 8.20. The molecule has 0 fully saturated rings. The van der Waals surface area contributed by atoms with E-state index in [2.05, 4.69) is 41.8 Å². The van der Waals surface area contributed by atoms with Crippen molar-refractivity contribution in [1.82, 2.24) is 5.32 Å². The Morgan fingerprint density at radius 3 is 2.52 bits per heavy atom. The maximum Gasteiger partial charge on any atom is 0.262 e.